The number of carbonyl (C=O) groups excluding carboxylic acids is 2. The fraction of sp³-hybridized carbons (Fsp3) is 0.714. The van der Waals surface area contributed by atoms with Crippen molar-refractivity contribution in [2.45, 2.75) is 65.0 Å². The summed E-state index contributed by atoms with van der Waals surface area (Å²) in [6.45, 7) is 5.99. The Morgan fingerprint density at radius 3 is 2.48 bits per heavy atom. The third kappa shape index (κ3) is 4.23. The van der Waals surface area contributed by atoms with Crippen LogP contribution in [0.2, 0.25) is 0 Å². The number of amides is 2. The number of likely N-dealkylation sites (tertiary alicyclic amines) is 1. The predicted octanol–water partition coefficient (Wildman–Crippen LogP) is 2.35. The van der Waals surface area contributed by atoms with Crippen molar-refractivity contribution in [3.8, 4) is 0 Å². The van der Waals surface area contributed by atoms with Crippen molar-refractivity contribution in [2.75, 3.05) is 5.32 Å². The molecule has 2 heterocycles. The molecule has 1 aromatic heterocycles. The number of hydrogen-bond acceptors (Lipinski definition) is 5. The van der Waals surface area contributed by atoms with Crippen molar-refractivity contribution in [3.63, 3.8) is 0 Å². The second kappa shape index (κ2) is 6.98. The molecule has 0 radical (unpaired) electrons. The maximum Gasteiger partial charge on any atom is 0.226 e. The van der Waals surface area contributed by atoms with E-state index < -0.39 is 0 Å². The fourth-order valence-electron chi connectivity index (χ4n) is 2.79. The molecule has 0 unspecified atom stereocenters. The quantitative estimate of drug-likeness (QED) is 0.926. The summed E-state index contributed by atoms with van der Waals surface area (Å²) in [7, 11) is 0. The Labute approximate surface area is 128 Å². The number of nitrogens with zero attached hydrogens (tertiary/aromatic N) is 3. The van der Waals surface area contributed by atoms with Gasteiger partial charge in [0.1, 0.15) is 5.01 Å². The highest BCUT2D eigenvalue weighted by Crippen LogP contribution is 2.23. The van der Waals surface area contributed by atoms with Crippen molar-refractivity contribution in [2.24, 2.45) is 0 Å². The average molecular weight is 310 g/mol. The summed E-state index contributed by atoms with van der Waals surface area (Å²) in [6.07, 6.45) is 3.70. The number of nitrogens with one attached hydrogen (secondary N) is 1. The summed E-state index contributed by atoms with van der Waals surface area (Å²) in [5.74, 6) is -0.116. The SMILES string of the molecule is Cc1nnc(NC(=O)CCC(=O)N2[C@H](C)CCC[C@H]2C)s1. The second-order valence-electron chi connectivity index (χ2n) is 5.60. The van der Waals surface area contributed by atoms with E-state index in [1.165, 1.54) is 17.8 Å². The van der Waals surface area contributed by atoms with Crippen LogP contribution in [0.25, 0.3) is 0 Å². The maximum atomic E-state index is 12.3. The number of rotatable bonds is 4. The minimum absolute atomic E-state index is 0.0679. The normalized spacial score (nSPS) is 22.1. The Morgan fingerprint density at radius 1 is 1.24 bits per heavy atom. The van der Waals surface area contributed by atoms with E-state index in [-0.39, 0.29) is 36.7 Å². The molecule has 1 aromatic rings. The fourth-order valence-corrected chi connectivity index (χ4v) is 3.40. The lowest BCUT2D eigenvalue weighted by Crippen LogP contribution is -2.47. The standard InChI is InChI=1S/C14H22N4O2S/c1-9-5-4-6-10(2)18(9)13(20)8-7-12(19)15-14-17-16-11(3)21-14/h9-10H,4-8H2,1-3H3,(H,15,17,19)/t9-,10-/m1/s1. The Morgan fingerprint density at radius 2 is 1.90 bits per heavy atom. The van der Waals surface area contributed by atoms with Crippen molar-refractivity contribution in [1.82, 2.24) is 15.1 Å². The molecule has 2 rings (SSSR count). The first kappa shape index (κ1) is 15.9. The zero-order chi connectivity index (χ0) is 15.4. The lowest BCUT2D eigenvalue weighted by atomic mass is 9.97. The molecule has 1 fully saturated rings. The zero-order valence-corrected chi connectivity index (χ0v) is 13.6. The molecule has 7 heteroatoms. The first-order chi connectivity index (χ1) is 9.97. The molecule has 1 saturated heterocycles. The molecule has 0 aromatic carbocycles. The van der Waals surface area contributed by atoms with Gasteiger partial charge >= 0.3 is 0 Å². The summed E-state index contributed by atoms with van der Waals surface area (Å²) in [5, 5.41) is 11.6. The van der Waals surface area contributed by atoms with Gasteiger partial charge in [-0.1, -0.05) is 11.3 Å². The first-order valence-electron chi connectivity index (χ1n) is 7.38. The van der Waals surface area contributed by atoms with Gasteiger partial charge in [-0.05, 0) is 40.0 Å². The largest absolute Gasteiger partial charge is 0.337 e. The van der Waals surface area contributed by atoms with Crippen LogP contribution in [0.15, 0.2) is 0 Å². The molecule has 21 heavy (non-hydrogen) atoms. The van der Waals surface area contributed by atoms with Crippen LogP contribution in [-0.2, 0) is 9.59 Å². The van der Waals surface area contributed by atoms with Gasteiger partial charge in [-0.2, -0.15) is 0 Å². The number of aryl methyl sites for hydroxylation is 1. The van der Waals surface area contributed by atoms with E-state index in [2.05, 4.69) is 29.4 Å². The van der Waals surface area contributed by atoms with Gasteiger partial charge in [0.15, 0.2) is 0 Å². The third-order valence-electron chi connectivity index (χ3n) is 3.82. The van der Waals surface area contributed by atoms with Crippen LogP contribution in [0.4, 0.5) is 5.13 Å². The molecule has 0 spiro atoms. The van der Waals surface area contributed by atoms with Crippen molar-refractivity contribution < 1.29 is 9.59 Å². The summed E-state index contributed by atoms with van der Waals surface area (Å²) < 4.78 is 0. The number of hydrogen-bond donors (Lipinski definition) is 1. The summed E-state index contributed by atoms with van der Waals surface area (Å²) >= 11 is 1.33. The molecule has 116 valence electrons. The molecule has 0 aliphatic carbocycles. The highest BCUT2D eigenvalue weighted by atomic mass is 32.1. The third-order valence-corrected chi connectivity index (χ3v) is 4.57. The van der Waals surface area contributed by atoms with Crippen molar-refractivity contribution in [3.05, 3.63) is 5.01 Å². The topological polar surface area (TPSA) is 75.2 Å². The van der Waals surface area contributed by atoms with Gasteiger partial charge in [-0.25, -0.2) is 0 Å². The number of anilines is 1. The van der Waals surface area contributed by atoms with Gasteiger partial charge in [-0.3, -0.25) is 9.59 Å². The van der Waals surface area contributed by atoms with Crippen LogP contribution in [0.5, 0.6) is 0 Å². The van der Waals surface area contributed by atoms with E-state index in [4.69, 9.17) is 0 Å². The molecule has 2 atom stereocenters. The Bertz CT molecular complexity index is 507. The van der Waals surface area contributed by atoms with Crippen LogP contribution in [-0.4, -0.2) is 39.0 Å². The van der Waals surface area contributed by atoms with E-state index in [9.17, 15) is 9.59 Å². The molecule has 0 saturated carbocycles. The van der Waals surface area contributed by atoms with Crippen LogP contribution in [0.1, 0.15) is 51.0 Å². The molecule has 2 amide bonds. The summed E-state index contributed by atoms with van der Waals surface area (Å²) in [6, 6.07) is 0.547. The lowest BCUT2D eigenvalue weighted by Gasteiger charge is -2.39. The molecular formula is C14H22N4O2S. The predicted molar refractivity (Wildman–Crippen MR) is 82.1 cm³/mol. The van der Waals surface area contributed by atoms with Gasteiger partial charge < -0.3 is 10.2 Å². The molecule has 0 bridgehead atoms. The summed E-state index contributed by atoms with van der Waals surface area (Å²) in [4.78, 5) is 26.1. The Balaban J connectivity index is 1.81. The van der Waals surface area contributed by atoms with E-state index in [1.54, 1.807) is 0 Å². The number of aromatic nitrogens is 2. The van der Waals surface area contributed by atoms with Gasteiger partial charge in [0.05, 0.1) is 0 Å². The minimum Gasteiger partial charge on any atom is -0.337 e. The van der Waals surface area contributed by atoms with Crippen LogP contribution >= 0.6 is 11.3 Å². The van der Waals surface area contributed by atoms with Gasteiger partial charge in [0.2, 0.25) is 16.9 Å². The van der Waals surface area contributed by atoms with Crippen molar-refractivity contribution >= 4 is 28.3 Å². The highest BCUT2D eigenvalue weighted by Gasteiger charge is 2.28. The van der Waals surface area contributed by atoms with Gasteiger partial charge in [-0.15, -0.1) is 10.2 Å². The lowest BCUT2D eigenvalue weighted by molar-refractivity contribution is -0.138. The van der Waals surface area contributed by atoms with Gasteiger partial charge in [0, 0.05) is 24.9 Å². The molecule has 6 nitrogen and oxygen atoms in total. The maximum absolute atomic E-state index is 12.3. The Kier molecular flexibility index (Phi) is 5.27. The monoisotopic (exact) mass is 310 g/mol. The van der Waals surface area contributed by atoms with Gasteiger partial charge in [0.25, 0.3) is 0 Å². The molecular weight excluding hydrogens is 288 g/mol. The number of carbonyl (C=O) groups is 2. The van der Waals surface area contributed by atoms with Crippen LogP contribution in [0.3, 0.4) is 0 Å². The molecule has 1 aliphatic rings. The van der Waals surface area contributed by atoms with E-state index in [0.717, 1.165) is 17.8 Å². The summed E-state index contributed by atoms with van der Waals surface area (Å²) in [5.41, 5.74) is 0. The molecule has 1 N–H and O–H groups in total. The van der Waals surface area contributed by atoms with E-state index in [1.807, 2.05) is 11.8 Å². The number of piperidine rings is 1. The smallest absolute Gasteiger partial charge is 0.226 e. The second-order valence-corrected chi connectivity index (χ2v) is 6.79. The average Bonchev–Trinajstić information content (AvgIpc) is 2.81. The zero-order valence-electron chi connectivity index (χ0n) is 12.8. The Hall–Kier alpha value is -1.50. The minimum atomic E-state index is -0.184. The first-order valence-corrected chi connectivity index (χ1v) is 8.20. The van der Waals surface area contributed by atoms with E-state index >= 15 is 0 Å². The highest BCUT2D eigenvalue weighted by molar-refractivity contribution is 7.15. The molecule has 1 aliphatic heterocycles. The van der Waals surface area contributed by atoms with Crippen molar-refractivity contribution in [1.29, 1.82) is 0 Å². The van der Waals surface area contributed by atoms with Crippen LogP contribution < -0.4 is 5.32 Å². The van der Waals surface area contributed by atoms with Crippen LogP contribution in [0, 0.1) is 6.92 Å². The van der Waals surface area contributed by atoms with E-state index in [0.29, 0.717) is 5.13 Å².